The van der Waals surface area contributed by atoms with Crippen molar-refractivity contribution in [3.05, 3.63) is 0 Å². The van der Waals surface area contributed by atoms with E-state index in [1.807, 2.05) is 13.8 Å². The highest BCUT2D eigenvalue weighted by molar-refractivity contribution is 5.85. The minimum absolute atomic E-state index is 0. The van der Waals surface area contributed by atoms with Crippen LogP contribution in [0.3, 0.4) is 0 Å². The molecule has 1 amide bonds. The lowest BCUT2D eigenvalue weighted by Crippen LogP contribution is -2.46. The van der Waals surface area contributed by atoms with Crippen LogP contribution in [0.5, 0.6) is 0 Å². The summed E-state index contributed by atoms with van der Waals surface area (Å²) in [6.07, 6.45) is 3.84. The lowest BCUT2D eigenvalue weighted by Gasteiger charge is -2.28. The fourth-order valence-electron chi connectivity index (χ4n) is 2.08. The predicted octanol–water partition coefficient (Wildman–Crippen LogP) is 1.06. The number of halogens is 1. The van der Waals surface area contributed by atoms with E-state index in [0.717, 1.165) is 25.7 Å². The molecule has 3 atom stereocenters. The zero-order valence-electron chi connectivity index (χ0n) is 10.7. The van der Waals surface area contributed by atoms with E-state index in [9.17, 15) is 9.90 Å². The highest BCUT2D eigenvalue weighted by Crippen LogP contribution is 2.23. The van der Waals surface area contributed by atoms with Crippen LogP contribution in [0.25, 0.3) is 0 Å². The molecule has 5 heteroatoms. The zero-order chi connectivity index (χ0) is 12.1. The van der Waals surface area contributed by atoms with E-state index in [-0.39, 0.29) is 36.3 Å². The van der Waals surface area contributed by atoms with Crippen molar-refractivity contribution in [2.75, 3.05) is 6.54 Å². The van der Waals surface area contributed by atoms with Gasteiger partial charge in [-0.3, -0.25) is 4.79 Å². The summed E-state index contributed by atoms with van der Waals surface area (Å²) in [7, 11) is 0. The molecule has 0 bridgehead atoms. The number of aliphatic hydroxyl groups excluding tert-OH is 1. The molecule has 1 aliphatic carbocycles. The summed E-state index contributed by atoms with van der Waals surface area (Å²) in [4.78, 5) is 11.6. The van der Waals surface area contributed by atoms with Crippen LogP contribution in [0.4, 0.5) is 0 Å². The topological polar surface area (TPSA) is 75.4 Å². The fraction of sp³-hybridized carbons (Fsp3) is 0.917. The lowest BCUT2D eigenvalue weighted by atomic mass is 9.86. The van der Waals surface area contributed by atoms with Crippen molar-refractivity contribution in [2.45, 2.75) is 51.7 Å². The van der Waals surface area contributed by atoms with Crippen LogP contribution in [-0.4, -0.2) is 29.7 Å². The Balaban J connectivity index is 0.00000256. The number of hydrogen-bond donors (Lipinski definition) is 3. The maximum absolute atomic E-state index is 11.6. The van der Waals surface area contributed by atoms with Crippen molar-refractivity contribution in [3.63, 3.8) is 0 Å². The molecular formula is C12H25ClN2O2. The van der Waals surface area contributed by atoms with Gasteiger partial charge < -0.3 is 16.2 Å². The summed E-state index contributed by atoms with van der Waals surface area (Å²) in [5.41, 5.74) is 5.74. The van der Waals surface area contributed by atoms with Crippen LogP contribution in [0.2, 0.25) is 0 Å². The molecule has 1 rings (SSSR count). The molecule has 0 aromatic heterocycles. The van der Waals surface area contributed by atoms with Crippen LogP contribution in [0, 0.1) is 11.8 Å². The molecule has 4 N–H and O–H groups in total. The minimum atomic E-state index is -0.444. The maximum atomic E-state index is 11.6. The number of rotatable bonds is 4. The van der Waals surface area contributed by atoms with Crippen LogP contribution < -0.4 is 11.1 Å². The van der Waals surface area contributed by atoms with E-state index in [1.165, 1.54) is 0 Å². The van der Waals surface area contributed by atoms with Gasteiger partial charge in [-0.2, -0.15) is 0 Å². The largest absolute Gasteiger partial charge is 0.393 e. The molecule has 4 nitrogen and oxygen atoms in total. The summed E-state index contributed by atoms with van der Waals surface area (Å²) >= 11 is 0. The molecule has 0 saturated heterocycles. The van der Waals surface area contributed by atoms with Gasteiger partial charge >= 0.3 is 0 Å². The summed E-state index contributed by atoms with van der Waals surface area (Å²) in [5, 5.41) is 12.6. The van der Waals surface area contributed by atoms with Crippen LogP contribution in [-0.2, 0) is 4.79 Å². The maximum Gasteiger partial charge on any atom is 0.237 e. The molecule has 102 valence electrons. The second-order valence-electron chi connectivity index (χ2n) is 5.13. The van der Waals surface area contributed by atoms with E-state index >= 15 is 0 Å². The average molecular weight is 265 g/mol. The Bertz CT molecular complexity index is 237. The number of nitrogens with one attached hydrogen (secondary N) is 1. The first kappa shape index (κ1) is 16.7. The van der Waals surface area contributed by atoms with Gasteiger partial charge in [-0.25, -0.2) is 0 Å². The molecule has 0 spiro atoms. The van der Waals surface area contributed by atoms with Gasteiger partial charge in [-0.1, -0.05) is 26.7 Å². The van der Waals surface area contributed by atoms with Crippen molar-refractivity contribution in [1.82, 2.24) is 5.32 Å². The Morgan fingerprint density at radius 1 is 1.41 bits per heavy atom. The van der Waals surface area contributed by atoms with E-state index in [4.69, 9.17) is 5.73 Å². The Morgan fingerprint density at radius 2 is 2.00 bits per heavy atom. The van der Waals surface area contributed by atoms with Crippen LogP contribution in [0.1, 0.15) is 39.5 Å². The number of carbonyl (C=O) groups excluding carboxylic acids is 1. The molecular weight excluding hydrogens is 240 g/mol. The van der Waals surface area contributed by atoms with Crippen molar-refractivity contribution in [2.24, 2.45) is 17.6 Å². The summed E-state index contributed by atoms with van der Waals surface area (Å²) in [6, 6.07) is -0.444. The van der Waals surface area contributed by atoms with Crippen molar-refractivity contribution >= 4 is 18.3 Å². The Morgan fingerprint density at radius 3 is 2.53 bits per heavy atom. The van der Waals surface area contributed by atoms with Gasteiger partial charge in [0.15, 0.2) is 0 Å². The monoisotopic (exact) mass is 264 g/mol. The molecule has 0 aromatic carbocycles. The molecule has 1 saturated carbocycles. The Kier molecular flexibility index (Phi) is 7.75. The van der Waals surface area contributed by atoms with Crippen molar-refractivity contribution in [1.29, 1.82) is 0 Å². The van der Waals surface area contributed by atoms with Gasteiger partial charge in [0.1, 0.15) is 0 Å². The third-order valence-electron chi connectivity index (χ3n) is 3.43. The normalized spacial score (nSPS) is 26.2. The van der Waals surface area contributed by atoms with Crippen molar-refractivity contribution in [3.8, 4) is 0 Å². The van der Waals surface area contributed by atoms with Gasteiger partial charge in [0.05, 0.1) is 12.1 Å². The van der Waals surface area contributed by atoms with Gasteiger partial charge in [-0.15, -0.1) is 12.4 Å². The first-order chi connectivity index (χ1) is 7.52. The summed E-state index contributed by atoms with van der Waals surface area (Å²) in [6.45, 7) is 4.42. The number of nitrogens with two attached hydrogens (primary N) is 1. The first-order valence-electron chi connectivity index (χ1n) is 6.23. The second kappa shape index (κ2) is 7.90. The van der Waals surface area contributed by atoms with Gasteiger partial charge in [0.25, 0.3) is 0 Å². The molecule has 0 aliphatic heterocycles. The minimum Gasteiger partial charge on any atom is -0.393 e. The van der Waals surface area contributed by atoms with E-state index < -0.39 is 6.04 Å². The first-order valence-corrected chi connectivity index (χ1v) is 6.23. The van der Waals surface area contributed by atoms with Gasteiger partial charge in [0, 0.05) is 12.5 Å². The standard InChI is InChI=1S/C12H24N2O2.ClH/c1-8(2)11(13)12(16)14-7-9-5-3-4-6-10(9)15;/h8-11,15H,3-7,13H2,1-2H3,(H,14,16);1H/t9?,10?,11-;/m1./s1. The molecule has 1 fully saturated rings. The lowest BCUT2D eigenvalue weighted by molar-refractivity contribution is -0.123. The van der Waals surface area contributed by atoms with Gasteiger partial charge in [-0.05, 0) is 18.8 Å². The van der Waals surface area contributed by atoms with Gasteiger partial charge in [0.2, 0.25) is 5.91 Å². The number of aliphatic hydroxyl groups is 1. The van der Waals surface area contributed by atoms with E-state index in [2.05, 4.69) is 5.32 Å². The third kappa shape index (κ3) is 5.23. The molecule has 2 unspecified atom stereocenters. The second-order valence-corrected chi connectivity index (χ2v) is 5.13. The smallest absolute Gasteiger partial charge is 0.237 e. The van der Waals surface area contributed by atoms with E-state index in [1.54, 1.807) is 0 Å². The summed E-state index contributed by atoms with van der Waals surface area (Å²) < 4.78 is 0. The van der Waals surface area contributed by atoms with Crippen molar-refractivity contribution < 1.29 is 9.90 Å². The highest BCUT2D eigenvalue weighted by atomic mass is 35.5. The quantitative estimate of drug-likeness (QED) is 0.711. The fourth-order valence-corrected chi connectivity index (χ4v) is 2.08. The zero-order valence-corrected chi connectivity index (χ0v) is 11.5. The Labute approximate surface area is 110 Å². The highest BCUT2D eigenvalue weighted by Gasteiger charge is 2.24. The molecule has 0 heterocycles. The molecule has 0 radical (unpaired) electrons. The van der Waals surface area contributed by atoms with E-state index in [0.29, 0.717) is 6.54 Å². The Hall–Kier alpha value is -0.320. The predicted molar refractivity (Wildman–Crippen MR) is 71.0 cm³/mol. The molecule has 1 aliphatic rings. The number of amides is 1. The number of hydrogen-bond acceptors (Lipinski definition) is 3. The average Bonchev–Trinajstić information content (AvgIpc) is 2.26. The molecule has 0 aromatic rings. The molecule has 17 heavy (non-hydrogen) atoms. The van der Waals surface area contributed by atoms with Crippen LogP contribution >= 0.6 is 12.4 Å². The SMILES string of the molecule is CC(C)[C@@H](N)C(=O)NCC1CCCCC1O.Cl. The third-order valence-corrected chi connectivity index (χ3v) is 3.43. The van der Waals surface area contributed by atoms with Crippen LogP contribution in [0.15, 0.2) is 0 Å². The number of carbonyl (C=O) groups is 1. The summed E-state index contributed by atoms with van der Waals surface area (Å²) in [5.74, 6) is 0.251.